The van der Waals surface area contributed by atoms with Crippen molar-refractivity contribution >= 4 is 26.1 Å². The Bertz CT molecular complexity index is 687. The van der Waals surface area contributed by atoms with Crippen molar-refractivity contribution in [2.24, 2.45) is 0 Å². The molecule has 0 amide bonds. The van der Waals surface area contributed by atoms with Crippen molar-refractivity contribution in [3.63, 3.8) is 0 Å². The number of ether oxygens (including phenoxy) is 1. The molecule has 0 saturated carbocycles. The predicted octanol–water partition coefficient (Wildman–Crippen LogP) is 5.25. The van der Waals surface area contributed by atoms with Gasteiger partial charge in [-0.1, -0.05) is 39.7 Å². The number of unbranched alkanes of at least 4 members (excludes halogenated alkanes) is 2. The minimum Gasteiger partial charge on any atom is -0.379 e. The molecular weight excluding hydrogens is 422 g/mol. The summed E-state index contributed by atoms with van der Waals surface area (Å²) in [6, 6.07) is 4.99. The van der Waals surface area contributed by atoms with E-state index in [0.717, 1.165) is 57.9 Å². The molecular formula is C25H44FN4OP. The molecule has 5 nitrogen and oxygen atoms in total. The van der Waals surface area contributed by atoms with Crippen LogP contribution in [0.1, 0.15) is 59.8 Å². The predicted molar refractivity (Wildman–Crippen MR) is 140 cm³/mol. The molecule has 2 N–H and O–H groups in total. The van der Waals surface area contributed by atoms with Gasteiger partial charge in [0.2, 0.25) is 0 Å². The number of rotatable bonds is 11. The molecule has 7 heteroatoms. The van der Waals surface area contributed by atoms with E-state index in [1.54, 1.807) is 12.1 Å². The molecule has 1 atom stereocenters. The summed E-state index contributed by atoms with van der Waals surface area (Å²) < 4.78 is 18.8. The highest BCUT2D eigenvalue weighted by molar-refractivity contribution is 7.27. The Morgan fingerprint density at radius 1 is 1.16 bits per heavy atom. The SMILES string of the molecule is CCCCCN1CCOCC1.CCCN(CCC)C(=N)/C=C(/C)Nc1ccc(P)c(F)c1. The Balaban J connectivity index is 0.000000389. The van der Waals surface area contributed by atoms with Crippen LogP contribution in [0.4, 0.5) is 10.1 Å². The van der Waals surface area contributed by atoms with Gasteiger partial charge in [-0.3, -0.25) is 10.3 Å². The summed E-state index contributed by atoms with van der Waals surface area (Å²) in [6.07, 6.45) is 7.88. The summed E-state index contributed by atoms with van der Waals surface area (Å²) in [7, 11) is 2.36. The zero-order valence-corrected chi connectivity index (χ0v) is 21.7. The van der Waals surface area contributed by atoms with Crippen molar-refractivity contribution in [3.05, 3.63) is 35.8 Å². The Labute approximate surface area is 197 Å². The largest absolute Gasteiger partial charge is 0.379 e. The number of morpholine rings is 1. The van der Waals surface area contributed by atoms with E-state index in [9.17, 15) is 4.39 Å². The van der Waals surface area contributed by atoms with E-state index in [1.165, 1.54) is 31.9 Å². The number of nitrogens with zero attached hydrogens (tertiary/aromatic N) is 2. The molecule has 0 aromatic heterocycles. The topological polar surface area (TPSA) is 51.6 Å². The molecule has 1 aliphatic rings. The van der Waals surface area contributed by atoms with Crippen molar-refractivity contribution in [1.82, 2.24) is 9.80 Å². The second-order valence-corrected chi connectivity index (χ2v) is 8.84. The van der Waals surface area contributed by atoms with Crippen LogP contribution in [0.2, 0.25) is 0 Å². The normalized spacial score (nSPS) is 14.5. The van der Waals surface area contributed by atoms with Gasteiger partial charge in [0, 0.05) is 42.9 Å². The van der Waals surface area contributed by atoms with E-state index in [0.29, 0.717) is 16.8 Å². The third kappa shape index (κ3) is 11.9. The van der Waals surface area contributed by atoms with Gasteiger partial charge in [0.25, 0.3) is 0 Å². The average molecular weight is 467 g/mol. The first-order valence-corrected chi connectivity index (χ1v) is 12.6. The number of halogens is 1. The van der Waals surface area contributed by atoms with Crippen LogP contribution in [0.25, 0.3) is 0 Å². The molecule has 0 aliphatic carbocycles. The second kappa shape index (κ2) is 17.0. The van der Waals surface area contributed by atoms with Crippen LogP contribution >= 0.6 is 9.24 Å². The fourth-order valence-electron chi connectivity index (χ4n) is 3.47. The smallest absolute Gasteiger partial charge is 0.132 e. The van der Waals surface area contributed by atoms with Crippen LogP contribution in [0, 0.1) is 11.2 Å². The van der Waals surface area contributed by atoms with Gasteiger partial charge in [0.05, 0.1) is 13.2 Å². The molecule has 1 aromatic carbocycles. The quantitative estimate of drug-likeness (QED) is 0.202. The van der Waals surface area contributed by atoms with Crippen molar-refractivity contribution in [1.29, 1.82) is 5.41 Å². The Morgan fingerprint density at radius 2 is 1.81 bits per heavy atom. The van der Waals surface area contributed by atoms with Gasteiger partial charge in [0.1, 0.15) is 11.7 Å². The van der Waals surface area contributed by atoms with Gasteiger partial charge in [-0.2, -0.15) is 0 Å². The van der Waals surface area contributed by atoms with Crippen molar-refractivity contribution < 1.29 is 9.13 Å². The number of hydrogen-bond acceptors (Lipinski definition) is 4. The summed E-state index contributed by atoms with van der Waals surface area (Å²) in [5.74, 6) is 0.235. The maximum absolute atomic E-state index is 13.5. The number of benzene rings is 1. The zero-order chi connectivity index (χ0) is 23.8. The summed E-state index contributed by atoms with van der Waals surface area (Å²) >= 11 is 0. The van der Waals surface area contributed by atoms with E-state index in [1.807, 2.05) is 13.0 Å². The molecule has 0 radical (unpaired) electrons. The Morgan fingerprint density at radius 3 is 2.38 bits per heavy atom. The Kier molecular flexibility index (Phi) is 15.2. The second-order valence-electron chi connectivity index (χ2n) is 8.22. The lowest BCUT2D eigenvalue weighted by Gasteiger charge is -2.26. The molecule has 1 aromatic rings. The lowest BCUT2D eigenvalue weighted by Crippen LogP contribution is -2.36. The van der Waals surface area contributed by atoms with Gasteiger partial charge < -0.3 is 15.0 Å². The Hall–Kier alpha value is -1.49. The van der Waals surface area contributed by atoms with Crippen LogP contribution in [0.15, 0.2) is 30.0 Å². The highest BCUT2D eigenvalue weighted by Crippen LogP contribution is 2.12. The van der Waals surface area contributed by atoms with Gasteiger partial charge in [0.15, 0.2) is 0 Å². The van der Waals surface area contributed by atoms with Crippen LogP contribution in [0.5, 0.6) is 0 Å². The van der Waals surface area contributed by atoms with E-state index < -0.39 is 0 Å². The molecule has 2 rings (SSSR count). The maximum Gasteiger partial charge on any atom is 0.132 e. The zero-order valence-electron chi connectivity index (χ0n) is 20.6. The van der Waals surface area contributed by atoms with Gasteiger partial charge in [-0.05, 0) is 50.9 Å². The number of nitrogens with one attached hydrogen (secondary N) is 2. The highest BCUT2D eigenvalue weighted by atomic mass is 31.0. The minimum atomic E-state index is -0.258. The summed E-state index contributed by atoms with van der Waals surface area (Å²) in [5, 5.41) is 11.8. The van der Waals surface area contributed by atoms with Crippen molar-refractivity contribution in [3.8, 4) is 0 Å². The molecule has 1 saturated heterocycles. The third-order valence-corrected chi connectivity index (χ3v) is 5.67. The monoisotopic (exact) mass is 466 g/mol. The number of amidine groups is 1. The molecule has 1 unspecified atom stereocenters. The van der Waals surface area contributed by atoms with E-state index in [4.69, 9.17) is 10.1 Å². The molecule has 0 spiro atoms. The molecule has 1 fully saturated rings. The molecule has 182 valence electrons. The van der Waals surface area contributed by atoms with Gasteiger partial charge >= 0.3 is 0 Å². The minimum absolute atomic E-state index is 0.258. The average Bonchev–Trinajstić information content (AvgIpc) is 2.77. The molecule has 1 heterocycles. The summed E-state index contributed by atoms with van der Waals surface area (Å²) in [5.41, 5.74) is 1.52. The first-order valence-electron chi connectivity index (χ1n) is 12.0. The van der Waals surface area contributed by atoms with Crippen LogP contribution < -0.4 is 10.6 Å². The summed E-state index contributed by atoms with van der Waals surface area (Å²) in [4.78, 5) is 4.55. The fourth-order valence-corrected chi connectivity index (χ4v) is 3.65. The van der Waals surface area contributed by atoms with Gasteiger partial charge in [-0.15, -0.1) is 9.24 Å². The molecule has 32 heavy (non-hydrogen) atoms. The highest BCUT2D eigenvalue weighted by Gasteiger charge is 2.08. The fraction of sp³-hybridized carbons (Fsp3) is 0.640. The number of anilines is 1. The molecule has 1 aliphatic heterocycles. The van der Waals surface area contributed by atoms with Crippen LogP contribution in [0.3, 0.4) is 0 Å². The van der Waals surface area contributed by atoms with E-state index in [2.05, 4.69) is 45.1 Å². The lowest BCUT2D eigenvalue weighted by molar-refractivity contribution is 0.0372. The van der Waals surface area contributed by atoms with Crippen molar-refractivity contribution in [2.75, 3.05) is 51.3 Å². The van der Waals surface area contributed by atoms with E-state index >= 15 is 0 Å². The van der Waals surface area contributed by atoms with Crippen LogP contribution in [-0.4, -0.2) is 61.6 Å². The van der Waals surface area contributed by atoms with E-state index in [-0.39, 0.29) is 5.82 Å². The third-order valence-electron chi connectivity index (χ3n) is 5.20. The standard InChI is InChI=1S/C16H25FN3P.C9H19NO/c1-4-8-20(9-5-2)16(18)10-12(3)19-13-6-7-15(21)14(17)11-13;1-2-3-4-5-10-6-8-11-9-7-10/h6-7,10-11,18-19H,4-5,8-9,21H2,1-3H3;2-9H2,1H3/b12-10-,18-16?;. The first-order chi connectivity index (χ1) is 15.4. The maximum atomic E-state index is 13.5. The van der Waals surface area contributed by atoms with Crippen LogP contribution in [-0.2, 0) is 4.74 Å². The summed E-state index contributed by atoms with van der Waals surface area (Å²) in [6.45, 7) is 15.6. The number of hydrogen-bond donors (Lipinski definition) is 2. The molecule has 0 bridgehead atoms. The van der Waals surface area contributed by atoms with Crippen molar-refractivity contribution in [2.45, 2.75) is 59.8 Å². The number of allylic oxidation sites excluding steroid dienone is 1. The van der Waals surface area contributed by atoms with Gasteiger partial charge in [-0.25, -0.2) is 4.39 Å². The first kappa shape index (κ1) is 28.5. The lowest BCUT2D eigenvalue weighted by atomic mass is 10.2.